The van der Waals surface area contributed by atoms with Crippen molar-refractivity contribution in [1.29, 1.82) is 0 Å². The molecule has 0 spiro atoms. The van der Waals surface area contributed by atoms with Gasteiger partial charge >= 0.3 is 0 Å². The normalized spacial score (nSPS) is 22.4. The van der Waals surface area contributed by atoms with Gasteiger partial charge in [-0.25, -0.2) is 0 Å². The highest BCUT2D eigenvalue weighted by Gasteiger charge is 2.13. The Labute approximate surface area is 75.6 Å². The molecule has 0 bridgehead atoms. The third-order valence-electron chi connectivity index (χ3n) is 2.71. The monoisotopic (exact) mass is 190 g/mol. The van der Waals surface area contributed by atoms with E-state index in [-0.39, 0.29) is 0 Å². The number of hydrogen-bond donors (Lipinski definition) is 0. The minimum Gasteiger partial charge on any atom is -0.334 e. The first-order valence-corrected chi connectivity index (χ1v) is 6.42. The van der Waals surface area contributed by atoms with E-state index in [9.17, 15) is 4.57 Å². The smallest absolute Gasteiger partial charge is 0.191 e. The number of rotatable bonds is 4. The Morgan fingerprint density at radius 3 is 2.58 bits per heavy atom. The van der Waals surface area contributed by atoms with Crippen LogP contribution in [-0.2, 0) is 9.09 Å². The zero-order valence-corrected chi connectivity index (χ0v) is 8.84. The van der Waals surface area contributed by atoms with E-state index in [0.717, 1.165) is 18.5 Å². The van der Waals surface area contributed by atoms with E-state index >= 15 is 0 Å². The van der Waals surface area contributed by atoms with Gasteiger partial charge in [-0.05, 0) is 12.3 Å². The van der Waals surface area contributed by atoms with Gasteiger partial charge in [0.25, 0.3) is 0 Å². The van der Waals surface area contributed by atoms with Gasteiger partial charge in [0, 0.05) is 13.3 Å². The molecule has 0 aromatic carbocycles. The highest BCUT2D eigenvalue weighted by Crippen LogP contribution is 2.30. The molecule has 72 valence electrons. The molecule has 3 heteroatoms. The van der Waals surface area contributed by atoms with Gasteiger partial charge in [-0.1, -0.05) is 32.1 Å². The number of hydrogen-bond acceptors (Lipinski definition) is 2. The third-order valence-corrected chi connectivity index (χ3v) is 3.86. The molecule has 1 fully saturated rings. The van der Waals surface area contributed by atoms with Crippen LogP contribution in [0.25, 0.3) is 0 Å². The van der Waals surface area contributed by atoms with Gasteiger partial charge in [0.2, 0.25) is 0 Å². The third kappa shape index (κ3) is 3.73. The molecule has 0 aliphatic heterocycles. The van der Waals surface area contributed by atoms with Crippen LogP contribution < -0.4 is 0 Å². The maximum absolute atomic E-state index is 11.0. The lowest BCUT2D eigenvalue weighted by atomic mass is 9.88. The first kappa shape index (κ1) is 10.3. The van der Waals surface area contributed by atoms with E-state index in [4.69, 9.17) is 4.52 Å². The van der Waals surface area contributed by atoms with Crippen LogP contribution in [0.4, 0.5) is 0 Å². The highest BCUT2D eigenvalue weighted by atomic mass is 31.1. The van der Waals surface area contributed by atoms with Gasteiger partial charge in [0.05, 0.1) is 0 Å². The van der Waals surface area contributed by atoms with E-state index in [1.807, 2.05) is 0 Å². The first-order chi connectivity index (χ1) is 5.83. The topological polar surface area (TPSA) is 26.3 Å². The van der Waals surface area contributed by atoms with Crippen molar-refractivity contribution in [3.05, 3.63) is 0 Å². The highest BCUT2D eigenvalue weighted by molar-refractivity contribution is 7.39. The summed E-state index contributed by atoms with van der Waals surface area (Å²) in [6, 6.07) is 0. The summed E-state index contributed by atoms with van der Waals surface area (Å²) >= 11 is 0. The summed E-state index contributed by atoms with van der Waals surface area (Å²) in [6.45, 7) is 0. The maximum atomic E-state index is 11.0. The lowest BCUT2D eigenvalue weighted by Gasteiger charge is -2.20. The van der Waals surface area contributed by atoms with Crippen molar-refractivity contribution in [1.82, 2.24) is 0 Å². The fourth-order valence-electron chi connectivity index (χ4n) is 1.90. The Hall–Kier alpha value is 0.190. The molecular formula is C9H19O2P. The van der Waals surface area contributed by atoms with Gasteiger partial charge in [0.15, 0.2) is 8.03 Å². The molecule has 0 amide bonds. The second kappa shape index (κ2) is 5.77. The second-order valence-electron chi connectivity index (χ2n) is 3.62. The predicted molar refractivity (Wildman–Crippen MR) is 52.1 cm³/mol. The van der Waals surface area contributed by atoms with E-state index in [0.29, 0.717) is 0 Å². The summed E-state index contributed by atoms with van der Waals surface area (Å²) in [4.78, 5) is 0. The minimum atomic E-state index is -1.68. The summed E-state index contributed by atoms with van der Waals surface area (Å²) in [6.07, 6.45) is 8.75. The van der Waals surface area contributed by atoms with E-state index < -0.39 is 8.03 Å². The van der Waals surface area contributed by atoms with Gasteiger partial charge in [-0.2, -0.15) is 0 Å². The molecule has 1 aliphatic rings. The van der Waals surface area contributed by atoms with Crippen LogP contribution in [0.1, 0.15) is 38.5 Å². The van der Waals surface area contributed by atoms with E-state index in [1.54, 1.807) is 7.11 Å². The van der Waals surface area contributed by atoms with Crippen LogP contribution in [0, 0.1) is 5.92 Å². The summed E-state index contributed by atoms with van der Waals surface area (Å²) in [5.74, 6) is 0.836. The average Bonchev–Trinajstić information content (AvgIpc) is 2.16. The standard InChI is InChI=1S/C9H19O2P/c1-11-12(10)8-7-9-5-3-2-4-6-9/h9,12H,2-8H2,1H3. The molecular weight excluding hydrogens is 171 g/mol. The second-order valence-corrected chi connectivity index (χ2v) is 5.27. The van der Waals surface area contributed by atoms with Gasteiger partial charge in [-0.15, -0.1) is 0 Å². The van der Waals surface area contributed by atoms with Crippen molar-refractivity contribution in [2.75, 3.05) is 13.3 Å². The Morgan fingerprint density at radius 2 is 2.00 bits per heavy atom. The molecule has 0 heterocycles. The van der Waals surface area contributed by atoms with Gasteiger partial charge < -0.3 is 4.52 Å². The van der Waals surface area contributed by atoms with Crippen LogP contribution in [0.5, 0.6) is 0 Å². The Kier molecular flexibility index (Phi) is 4.94. The largest absolute Gasteiger partial charge is 0.334 e. The Bertz CT molecular complexity index is 141. The Morgan fingerprint density at radius 1 is 1.33 bits per heavy atom. The maximum Gasteiger partial charge on any atom is 0.191 e. The first-order valence-electron chi connectivity index (χ1n) is 4.89. The lowest BCUT2D eigenvalue weighted by molar-refractivity contribution is 0.344. The van der Waals surface area contributed by atoms with Crippen molar-refractivity contribution >= 4 is 8.03 Å². The SMILES string of the molecule is CO[PH](=O)CCC1CCCCC1. The molecule has 2 nitrogen and oxygen atoms in total. The van der Waals surface area contributed by atoms with Crippen molar-refractivity contribution in [3.8, 4) is 0 Å². The molecule has 12 heavy (non-hydrogen) atoms. The molecule has 0 radical (unpaired) electrons. The molecule has 0 aromatic heterocycles. The van der Waals surface area contributed by atoms with Crippen LogP contribution in [0.15, 0.2) is 0 Å². The van der Waals surface area contributed by atoms with Crippen molar-refractivity contribution in [3.63, 3.8) is 0 Å². The average molecular weight is 190 g/mol. The minimum absolute atomic E-state index is 0.797. The van der Waals surface area contributed by atoms with E-state index in [1.165, 1.54) is 32.1 Å². The summed E-state index contributed by atoms with van der Waals surface area (Å²) in [5.41, 5.74) is 0. The summed E-state index contributed by atoms with van der Waals surface area (Å²) in [5, 5.41) is 0. The quantitative estimate of drug-likeness (QED) is 0.637. The fourth-order valence-corrected chi connectivity index (χ4v) is 2.75. The van der Waals surface area contributed by atoms with Crippen LogP contribution in [-0.4, -0.2) is 13.3 Å². The van der Waals surface area contributed by atoms with Crippen molar-refractivity contribution in [2.24, 2.45) is 5.92 Å². The summed E-state index contributed by atoms with van der Waals surface area (Å²) < 4.78 is 15.8. The molecule has 1 atom stereocenters. The van der Waals surface area contributed by atoms with E-state index in [2.05, 4.69) is 0 Å². The van der Waals surface area contributed by atoms with Crippen molar-refractivity contribution in [2.45, 2.75) is 38.5 Å². The fraction of sp³-hybridized carbons (Fsp3) is 1.00. The van der Waals surface area contributed by atoms with Crippen LogP contribution in [0.2, 0.25) is 0 Å². The van der Waals surface area contributed by atoms with Crippen molar-refractivity contribution < 1.29 is 9.09 Å². The molecule has 0 saturated heterocycles. The molecule has 1 unspecified atom stereocenters. The van der Waals surface area contributed by atoms with Crippen LogP contribution in [0.3, 0.4) is 0 Å². The molecule has 1 rings (SSSR count). The zero-order chi connectivity index (χ0) is 8.81. The molecule has 0 N–H and O–H groups in total. The summed E-state index contributed by atoms with van der Waals surface area (Å²) in [7, 11) is -0.134. The molecule has 1 aliphatic carbocycles. The van der Waals surface area contributed by atoms with Crippen LogP contribution >= 0.6 is 8.03 Å². The predicted octanol–water partition coefficient (Wildman–Crippen LogP) is 3.08. The van der Waals surface area contributed by atoms with Gasteiger partial charge in [-0.3, -0.25) is 4.57 Å². The molecule has 1 saturated carbocycles. The zero-order valence-electron chi connectivity index (χ0n) is 7.84. The van der Waals surface area contributed by atoms with Gasteiger partial charge in [0.1, 0.15) is 0 Å². The lowest BCUT2D eigenvalue weighted by Crippen LogP contribution is -2.06. The Balaban J connectivity index is 2.09. The molecule has 0 aromatic rings.